The Bertz CT molecular complexity index is 1480. The van der Waals surface area contributed by atoms with Crippen molar-refractivity contribution in [1.29, 1.82) is 0 Å². The Labute approximate surface area is 279 Å². The van der Waals surface area contributed by atoms with Gasteiger partial charge in [-0.25, -0.2) is 14.4 Å². The van der Waals surface area contributed by atoms with E-state index in [4.69, 9.17) is 28.4 Å². The summed E-state index contributed by atoms with van der Waals surface area (Å²) >= 11 is 0. The fraction of sp³-hybridized carbons (Fsp3) is 0.571. The lowest BCUT2D eigenvalue weighted by molar-refractivity contribution is -0.339. The van der Waals surface area contributed by atoms with Gasteiger partial charge >= 0.3 is 29.8 Å². The number of carbonyl (C=O) groups excluding carboxylic acids is 5. The van der Waals surface area contributed by atoms with Crippen LogP contribution in [0.15, 0.2) is 48.1 Å². The second-order valence-corrected chi connectivity index (χ2v) is 13.2. The zero-order chi connectivity index (χ0) is 35.7. The van der Waals surface area contributed by atoms with Gasteiger partial charge in [0.2, 0.25) is 0 Å². The molecule has 3 aliphatic rings. The maximum atomic E-state index is 13.4. The molecule has 262 valence electrons. The van der Waals surface area contributed by atoms with Crippen LogP contribution in [0.1, 0.15) is 66.9 Å². The number of allylic oxidation sites excluding steroid dienone is 1. The lowest BCUT2D eigenvalue weighted by Crippen LogP contribution is -2.81. The van der Waals surface area contributed by atoms with Gasteiger partial charge in [-0.05, 0) is 59.1 Å². The van der Waals surface area contributed by atoms with Crippen LogP contribution in [-0.2, 0) is 52.4 Å². The molecule has 9 atom stereocenters. The Kier molecular flexibility index (Phi) is 10.6. The molecule has 48 heavy (non-hydrogen) atoms. The number of aliphatic hydroxyl groups is 2. The Hall–Kier alpha value is -4.07. The predicted molar refractivity (Wildman–Crippen MR) is 167 cm³/mol. The molecule has 3 fully saturated rings. The van der Waals surface area contributed by atoms with E-state index >= 15 is 0 Å². The number of benzene rings is 1. The molecule has 13 heteroatoms. The second kappa shape index (κ2) is 13.8. The van der Waals surface area contributed by atoms with Crippen molar-refractivity contribution >= 4 is 35.9 Å². The van der Waals surface area contributed by atoms with Crippen LogP contribution < -0.4 is 0 Å². The van der Waals surface area contributed by atoms with E-state index in [1.807, 2.05) is 6.07 Å². The molecule has 0 aromatic heterocycles. The van der Waals surface area contributed by atoms with E-state index in [1.165, 1.54) is 32.9 Å². The zero-order valence-electron chi connectivity index (χ0n) is 28.2. The molecule has 2 N–H and O–H groups in total. The maximum absolute atomic E-state index is 13.4. The van der Waals surface area contributed by atoms with Gasteiger partial charge in [0.25, 0.3) is 0 Å². The Morgan fingerprint density at radius 1 is 0.938 bits per heavy atom. The number of hydrogen-bond donors (Lipinski definition) is 2. The molecule has 1 heterocycles. The van der Waals surface area contributed by atoms with Crippen molar-refractivity contribution in [2.75, 3.05) is 13.2 Å². The van der Waals surface area contributed by atoms with E-state index in [1.54, 1.807) is 44.2 Å². The van der Waals surface area contributed by atoms with Gasteiger partial charge in [-0.15, -0.1) is 0 Å². The average Bonchev–Trinajstić information content (AvgIpc) is 3.26. The van der Waals surface area contributed by atoms with Gasteiger partial charge in [0.1, 0.15) is 42.2 Å². The van der Waals surface area contributed by atoms with Crippen molar-refractivity contribution in [2.45, 2.75) is 103 Å². The van der Waals surface area contributed by atoms with Crippen LogP contribution in [0.25, 0.3) is 6.08 Å². The maximum Gasteiger partial charge on any atom is 0.344 e. The minimum Gasteiger partial charge on any atom is -0.459 e. The molecule has 13 nitrogen and oxygen atoms in total. The van der Waals surface area contributed by atoms with Crippen LogP contribution >= 0.6 is 0 Å². The molecular weight excluding hydrogens is 628 g/mol. The van der Waals surface area contributed by atoms with Gasteiger partial charge in [0.15, 0.2) is 6.61 Å². The lowest BCUT2D eigenvalue weighted by Gasteiger charge is -2.64. The Morgan fingerprint density at radius 2 is 1.60 bits per heavy atom. The first-order chi connectivity index (χ1) is 22.4. The summed E-state index contributed by atoms with van der Waals surface area (Å²) in [6.45, 7) is 8.84. The molecule has 2 saturated carbocycles. The molecule has 0 radical (unpaired) electrons. The highest BCUT2D eigenvalue weighted by molar-refractivity contribution is 5.88. The molecule has 1 aromatic carbocycles. The summed E-state index contributed by atoms with van der Waals surface area (Å²) in [7, 11) is 0. The summed E-state index contributed by atoms with van der Waals surface area (Å²) in [5.41, 5.74) is -6.30. The van der Waals surface area contributed by atoms with E-state index in [9.17, 15) is 34.2 Å². The van der Waals surface area contributed by atoms with Crippen LogP contribution in [0.5, 0.6) is 0 Å². The van der Waals surface area contributed by atoms with Gasteiger partial charge in [-0.3, -0.25) is 9.59 Å². The normalized spacial score (nSPS) is 35.7. The third-order valence-electron chi connectivity index (χ3n) is 9.92. The molecule has 2 aliphatic carbocycles. The first-order valence-corrected chi connectivity index (χ1v) is 15.8. The van der Waals surface area contributed by atoms with Gasteiger partial charge in [-0.2, -0.15) is 0 Å². The van der Waals surface area contributed by atoms with Crippen molar-refractivity contribution < 1.29 is 62.6 Å². The van der Waals surface area contributed by atoms with E-state index in [-0.39, 0.29) is 12.8 Å². The second-order valence-electron chi connectivity index (χ2n) is 13.2. The number of fused-ring (bicyclic) bond motifs is 1. The minimum atomic E-state index is -2.01. The smallest absolute Gasteiger partial charge is 0.344 e. The molecular formula is C35H44O13. The van der Waals surface area contributed by atoms with Crippen molar-refractivity contribution in [3.05, 3.63) is 53.6 Å². The minimum absolute atomic E-state index is 0.00923. The summed E-state index contributed by atoms with van der Waals surface area (Å²) in [6, 6.07) is 8.93. The SMILES string of the molecule is C/C=C(/C)C(=O)OCC1(C)O[C@]23[C@H](OC(C)=O)[C@H]1[C@H](O)[C@H](OC(=O)/C=C/c1ccccc1)[C@]2(C)[C@@H](OC(=O)COC(C)=O)CC[C@]3(C)O. The number of hydrogen-bond acceptors (Lipinski definition) is 13. The van der Waals surface area contributed by atoms with Gasteiger partial charge in [0, 0.05) is 25.5 Å². The summed E-state index contributed by atoms with van der Waals surface area (Å²) in [4.78, 5) is 63.3. The summed E-state index contributed by atoms with van der Waals surface area (Å²) in [5, 5.41) is 24.5. The van der Waals surface area contributed by atoms with E-state index in [2.05, 4.69) is 0 Å². The number of rotatable bonds is 10. The molecule has 1 saturated heterocycles. The fourth-order valence-corrected chi connectivity index (χ4v) is 7.62. The van der Waals surface area contributed by atoms with Crippen LogP contribution in [0.2, 0.25) is 0 Å². The number of esters is 5. The highest BCUT2D eigenvalue weighted by Crippen LogP contribution is 2.68. The van der Waals surface area contributed by atoms with Crippen LogP contribution in [0, 0.1) is 11.3 Å². The standard InChI is InChI=1S/C35H44O13/c1-8-20(2)31(41)44-19-32(5)27-28(40)30(47-25(38)15-14-23-12-10-9-11-13-23)34(7)24(46-26(39)18-43-21(3)36)16-17-33(6,42)35(34,48-32)29(27)45-22(4)37/h8-15,24,27-30,40,42H,16-19H2,1-7H3/b15-14+,20-8-/t24-,27+,28-,29+,30-,32?,33-,34-,35-/m0/s1. The Morgan fingerprint density at radius 3 is 2.21 bits per heavy atom. The van der Waals surface area contributed by atoms with Gasteiger partial charge in [0.05, 0.1) is 16.9 Å². The van der Waals surface area contributed by atoms with Crippen molar-refractivity contribution in [3.63, 3.8) is 0 Å². The average molecular weight is 673 g/mol. The molecule has 2 bridgehead atoms. The third kappa shape index (κ3) is 6.50. The van der Waals surface area contributed by atoms with Crippen LogP contribution in [0.3, 0.4) is 0 Å². The predicted octanol–water partition coefficient (Wildman–Crippen LogP) is 2.60. The van der Waals surface area contributed by atoms with Crippen molar-refractivity contribution in [2.24, 2.45) is 11.3 Å². The van der Waals surface area contributed by atoms with E-state index in [0.717, 1.165) is 13.8 Å². The Balaban J connectivity index is 1.88. The molecule has 4 rings (SSSR count). The molecule has 0 amide bonds. The number of ether oxygens (including phenoxy) is 6. The monoisotopic (exact) mass is 672 g/mol. The quantitative estimate of drug-likeness (QED) is 0.211. The molecule has 1 aromatic rings. The third-order valence-corrected chi connectivity index (χ3v) is 9.92. The van der Waals surface area contributed by atoms with Crippen LogP contribution in [0.4, 0.5) is 0 Å². The summed E-state index contributed by atoms with van der Waals surface area (Å²) < 4.78 is 35.0. The topological polar surface area (TPSA) is 181 Å². The van der Waals surface area contributed by atoms with Gasteiger partial charge < -0.3 is 38.6 Å². The number of aliphatic hydroxyl groups excluding tert-OH is 1. The zero-order valence-corrected chi connectivity index (χ0v) is 28.2. The molecule has 1 spiro atoms. The highest BCUT2D eigenvalue weighted by Gasteiger charge is 2.85. The van der Waals surface area contributed by atoms with Crippen molar-refractivity contribution in [3.8, 4) is 0 Å². The summed E-state index contributed by atoms with van der Waals surface area (Å²) in [5.74, 6) is -5.17. The van der Waals surface area contributed by atoms with Gasteiger partial charge in [-0.1, -0.05) is 36.4 Å². The van der Waals surface area contributed by atoms with Crippen LogP contribution in [-0.4, -0.2) is 94.5 Å². The highest BCUT2D eigenvalue weighted by atomic mass is 16.6. The summed E-state index contributed by atoms with van der Waals surface area (Å²) in [6.07, 6.45) is -1.66. The molecule has 1 aliphatic heterocycles. The largest absolute Gasteiger partial charge is 0.459 e. The van der Waals surface area contributed by atoms with E-state index in [0.29, 0.717) is 11.1 Å². The lowest BCUT2D eigenvalue weighted by atomic mass is 9.47. The molecule has 1 unspecified atom stereocenters. The first-order valence-electron chi connectivity index (χ1n) is 15.8. The number of carbonyl (C=O) groups is 5. The first kappa shape index (κ1) is 36.8. The van der Waals surface area contributed by atoms with E-state index < -0.39 is 95.6 Å². The fourth-order valence-electron chi connectivity index (χ4n) is 7.62. The van der Waals surface area contributed by atoms with Crippen molar-refractivity contribution in [1.82, 2.24) is 0 Å².